The summed E-state index contributed by atoms with van der Waals surface area (Å²) in [6.07, 6.45) is 3.80. The van der Waals surface area contributed by atoms with Crippen LogP contribution in [0.4, 0.5) is 0 Å². The van der Waals surface area contributed by atoms with Crippen LogP contribution in [0.5, 0.6) is 5.75 Å². The number of carbonyl (C=O) groups is 1. The summed E-state index contributed by atoms with van der Waals surface area (Å²) in [5, 5.41) is 0.849. The molecule has 0 aliphatic carbocycles. The summed E-state index contributed by atoms with van der Waals surface area (Å²) in [5.41, 5.74) is 4.41. The third-order valence-electron chi connectivity index (χ3n) is 7.64. The van der Waals surface area contributed by atoms with Gasteiger partial charge in [0.15, 0.2) is 0 Å². The highest BCUT2D eigenvalue weighted by atomic mass is 32.2. The van der Waals surface area contributed by atoms with Gasteiger partial charge >= 0.3 is 5.97 Å². The molecule has 190 valence electrons. The molecule has 1 saturated heterocycles. The molecule has 5 rings (SSSR count). The largest absolute Gasteiger partial charge is 0.496 e. The normalized spacial score (nSPS) is 21.3. The zero-order valence-corrected chi connectivity index (χ0v) is 22.0. The van der Waals surface area contributed by atoms with Crippen LogP contribution in [0.15, 0.2) is 59.0 Å². The van der Waals surface area contributed by atoms with E-state index in [4.69, 9.17) is 9.47 Å². The standard InChI is InChI=1S/C28H32N2O5S/c1-5-19-17-29-14-13-22-27-23(7-6-8-25(27)34-3)30(36(32,33)21-11-9-18(2)10-12-21)28(22)24(29)15-20(19)16-26(31)35-4/h6-12,16,19,24H,5,13-15,17H2,1-4H3/b20-16-/t19?,24-/m0/s1. The number of esters is 1. The SMILES string of the molecule is CCC1CN2CCc3c(n(S(=O)(=O)c4ccc(C)cc4)c4cccc(OC)c34)[C@@H]2C/C1=C/C(=O)OC. The van der Waals surface area contributed by atoms with Gasteiger partial charge in [0, 0.05) is 24.6 Å². The second-order valence-electron chi connectivity index (χ2n) is 9.61. The Kier molecular flexibility index (Phi) is 6.43. The van der Waals surface area contributed by atoms with Crippen molar-refractivity contribution in [3.05, 3.63) is 70.9 Å². The Morgan fingerprint density at radius 1 is 1.14 bits per heavy atom. The second-order valence-corrected chi connectivity index (χ2v) is 11.4. The van der Waals surface area contributed by atoms with E-state index in [0.29, 0.717) is 17.7 Å². The molecule has 0 spiro atoms. The first-order valence-corrected chi connectivity index (χ1v) is 13.8. The smallest absolute Gasteiger partial charge is 0.330 e. The third-order valence-corrected chi connectivity index (χ3v) is 9.38. The maximum absolute atomic E-state index is 14.2. The highest BCUT2D eigenvalue weighted by Crippen LogP contribution is 2.47. The summed E-state index contributed by atoms with van der Waals surface area (Å²) < 4.78 is 40.6. The number of aryl methyl sites for hydroxylation is 1. The number of aromatic nitrogens is 1. The molecule has 1 unspecified atom stereocenters. The molecule has 0 saturated carbocycles. The molecule has 1 fully saturated rings. The summed E-state index contributed by atoms with van der Waals surface area (Å²) in [5.74, 6) is 0.521. The van der Waals surface area contributed by atoms with Crippen LogP contribution >= 0.6 is 0 Å². The van der Waals surface area contributed by atoms with Gasteiger partial charge in [-0.2, -0.15) is 0 Å². The summed E-state index contributed by atoms with van der Waals surface area (Å²) in [6.45, 7) is 5.65. The number of hydrogen-bond donors (Lipinski definition) is 0. The van der Waals surface area contributed by atoms with Crippen molar-refractivity contribution >= 4 is 26.9 Å². The predicted octanol–water partition coefficient (Wildman–Crippen LogP) is 4.62. The molecule has 8 heteroatoms. The number of piperidine rings is 1. The highest BCUT2D eigenvalue weighted by Gasteiger charge is 2.41. The summed E-state index contributed by atoms with van der Waals surface area (Å²) in [7, 11) is -0.899. The molecule has 36 heavy (non-hydrogen) atoms. The molecule has 0 N–H and O–H groups in total. The van der Waals surface area contributed by atoms with Crippen molar-refractivity contribution in [2.24, 2.45) is 5.92 Å². The first kappa shape index (κ1) is 24.6. The second kappa shape index (κ2) is 9.41. The highest BCUT2D eigenvalue weighted by molar-refractivity contribution is 7.90. The molecule has 7 nitrogen and oxygen atoms in total. The fraction of sp³-hybridized carbons (Fsp3) is 0.393. The predicted molar refractivity (Wildman–Crippen MR) is 139 cm³/mol. The van der Waals surface area contributed by atoms with Gasteiger partial charge in [0.2, 0.25) is 0 Å². The Bertz CT molecular complexity index is 1450. The topological polar surface area (TPSA) is 77.8 Å². The monoisotopic (exact) mass is 508 g/mol. The van der Waals surface area contributed by atoms with Gasteiger partial charge in [-0.25, -0.2) is 17.2 Å². The van der Waals surface area contributed by atoms with Crippen LogP contribution in [0.1, 0.15) is 42.6 Å². The van der Waals surface area contributed by atoms with Crippen LogP contribution < -0.4 is 4.74 Å². The Morgan fingerprint density at radius 3 is 2.56 bits per heavy atom. The van der Waals surface area contributed by atoms with E-state index in [1.807, 2.05) is 37.3 Å². The van der Waals surface area contributed by atoms with Crippen LogP contribution in [0.25, 0.3) is 10.9 Å². The third kappa shape index (κ3) is 3.92. The van der Waals surface area contributed by atoms with Crippen molar-refractivity contribution in [2.75, 3.05) is 27.3 Å². The maximum atomic E-state index is 14.2. The van der Waals surface area contributed by atoms with Crippen LogP contribution in [-0.4, -0.2) is 50.6 Å². The minimum Gasteiger partial charge on any atom is -0.496 e. The van der Waals surface area contributed by atoms with Gasteiger partial charge in [-0.1, -0.05) is 36.3 Å². The molecular weight excluding hydrogens is 476 g/mol. The molecule has 1 aromatic heterocycles. The van der Waals surface area contributed by atoms with Gasteiger partial charge in [0.25, 0.3) is 10.0 Å². The molecule has 0 radical (unpaired) electrons. The van der Waals surface area contributed by atoms with E-state index in [2.05, 4.69) is 11.8 Å². The van der Waals surface area contributed by atoms with Crippen molar-refractivity contribution in [3.63, 3.8) is 0 Å². The minimum absolute atomic E-state index is 0.176. The van der Waals surface area contributed by atoms with Crippen LogP contribution in [0.2, 0.25) is 0 Å². The minimum atomic E-state index is -3.90. The number of rotatable bonds is 5. The Morgan fingerprint density at radius 2 is 1.89 bits per heavy atom. The van der Waals surface area contributed by atoms with Gasteiger partial charge in [0.05, 0.1) is 36.4 Å². The fourth-order valence-corrected chi connectivity index (χ4v) is 7.40. The van der Waals surface area contributed by atoms with E-state index in [-0.39, 0.29) is 22.8 Å². The lowest BCUT2D eigenvalue weighted by molar-refractivity contribution is -0.135. The van der Waals surface area contributed by atoms with Gasteiger partial charge < -0.3 is 9.47 Å². The Hall–Kier alpha value is -3.10. The summed E-state index contributed by atoms with van der Waals surface area (Å²) in [4.78, 5) is 14.8. The number of nitrogens with zero attached hydrogens (tertiary/aromatic N) is 2. The Labute approximate surface area is 212 Å². The lowest BCUT2D eigenvalue weighted by atomic mass is 9.81. The number of methoxy groups -OCH3 is 2. The number of benzene rings is 2. The zero-order valence-electron chi connectivity index (χ0n) is 21.2. The van der Waals surface area contributed by atoms with E-state index in [9.17, 15) is 13.2 Å². The van der Waals surface area contributed by atoms with Crippen molar-refractivity contribution in [3.8, 4) is 5.75 Å². The molecule has 2 aliphatic heterocycles. The van der Waals surface area contributed by atoms with Gasteiger partial charge in [-0.15, -0.1) is 0 Å². The van der Waals surface area contributed by atoms with E-state index in [1.54, 1.807) is 25.3 Å². The Balaban J connectivity index is 1.77. The molecule has 0 bridgehead atoms. The van der Waals surface area contributed by atoms with E-state index in [1.165, 1.54) is 11.1 Å². The first-order valence-electron chi connectivity index (χ1n) is 12.3. The van der Waals surface area contributed by atoms with Gasteiger partial charge in [-0.05, 0) is 61.9 Å². The van der Waals surface area contributed by atoms with Gasteiger partial charge in [-0.3, -0.25) is 4.90 Å². The van der Waals surface area contributed by atoms with Gasteiger partial charge in [0.1, 0.15) is 5.75 Å². The lowest BCUT2D eigenvalue weighted by Crippen LogP contribution is -2.44. The lowest BCUT2D eigenvalue weighted by Gasteiger charge is -2.44. The molecule has 2 atom stereocenters. The van der Waals surface area contributed by atoms with Crippen molar-refractivity contribution < 1.29 is 22.7 Å². The zero-order chi connectivity index (χ0) is 25.6. The van der Waals surface area contributed by atoms with E-state index >= 15 is 0 Å². The average Bonchev–Trinajstić information content (AvgIpc) is 3.24. The van der Waals surface area contributed by atoms with Crippen LogP contribution in [0, 0.1) is 12.8 Å². The van der Waals surface area contributed by atoms with Crippen molar-refractivity contribution in [1.29, 1.82) is 0 Å². The average molecular weight is 509 g/mol. The molecular formula is C28H32N2O5S. The molecule has 2 aromatic carbocycles. The fourth-order valence-electron chi connectivity index (χ4n) is 5.80. The summed E-state index contributed by atoms with van der Waals surface area (Å²) >= 11 is 0. The molecule has 3 aromatic rings. The molecule has 2 aliphatic rings. The molecule has 3 heterocycles. The first-order chi connectivity index (χ1) is 17.3. The van der Waals surface area contributed by atoms with Crippen LogP contribution in [0.3, 0.4) is 0 Å². The van der Waals surface area contributed by atoms with Crippen molar-refractivity contribution in [1.82, 2.24) is 8.87 Å². The molecule has 0 amide bonds. The van der Waals surface area contributed by atoms with Crippen LogP contribution in [-0.2, 0) is 26.0 Å². The van der Waals surface area contributed by atoms with E-state index < -0.39 is 10.0 Å². The van der Waals surface area contributed by atoms with E-state index in [0.717, 1.165) is 53.7 Å². The number of hydrogen-bond acceptors (Lipinski definition) is 6. The number of carbonyl (C=O) groups excluding carboxylic acids is 1. The van der Waals surface area contributed by atoms with Crippen molar-refractivity contribution in [2.45, 2.75) is 44.0 Å². The quantitative estimate of drug-likeness (QED) is 0.370. The summed E-state index contributed by atoms with van der Waals surface area (Å²) in [6, 6.07) is 12.4. The maximum Gasteiger partial charge on any atom is 0.330 e. The number of ether oxygens (including phenoxy) is 2. The number of fused-ring (bicyclic) bond motifs is 5.